The van der Waals surface area contributed by atoms with Gasteiger partial charge in [0.15, 0.2) is 0 Å². The van der Waals surface area contributed by atoms with E-state index in [0.29, 0.717) is 17.3 Å². The van der Waals surface area contributed by atoms with Crippen molar-refractivity contribution in [2.24, 2.45) is 0 Å². The van der Waals surface area contributed by atoms with Crippen LogP contribution in [0.4, 0.5) is 0 Å². The molecule has 0 saturated heterocycles. The van der Waals surface area contributed by atoms with Crippen LogP contribution in [-0.4, -0.2) is 35.6 Å². The van der Waals surface area contributed by atoms with Crippen LogP contribution in [-0.2, 0) is 6.61 Å². The van der Waals surface area contributed by atoms with Gasteiger partial charge in [0.05, 0.1) is 20.8 Å². The molecule has 0 amide bonds. The Morgan fingerprint density at radius 3 is 2.25 bits per heavy atom. The molecule has 2 aromatic rings. The molecule has 0 bridgehead atoms. The van der Waals surface area contributed by atoms with Crippen LogP contribution in [0.5, 0.6) is 11.8 Å². The van der Waals surface area contributed by atoms with Crippen molar-refractivity contribution in [2.45, 2.75) is 6.61 Å². The number of aldehydes is 1. The standard InChI is InChI=1S/C7H9NO2.C7H7NO2/c2*1-10-7-4-6(5-9)2-3-8-7/h2-4,9H,5H2,1H3;2-5H,1H3. The monoisotopic (exact) mass is 276 g/mol. The van der Waals surface area contributed by atoms with Gasteiger partial charge in [0, 0.05) is 30.1 Å². The van der Waals surface area contributed by atoms with Crippen LogP contribution >= 0.6 is 0 Å². The molecule has 0 saturated carbocycles. The average Bonchev–Trinajstić information content (AvgIpc) is 2.55. The fourth-order valence-corrected chi connectivity index (χ4v) is 1.27. The molecule has 0 fully saturated rings. The molecule has 6 nitrogen and oxygen atoms in total. The number of aliphatic hydroxyl groups is 1. The van der Waals surface area contributed by atoms with Crippen molar-refractivity contribution in [3.63, 3.8) is 0 Å². The van der Waals surface area contributed by atoms with Crippen LogP contribution in [0.1, 0.15) is 15.9 Å². The first-order valence-corrected chi connectivity index (χ1v) is 5.78. The van der Waals surface area contributed by atoms with Gasteiger partial charge in [0.1, 0.15) is 6.29 Å². The first kappa shape index (κ1) is 15.6. The van der Waals surface area contributed by atoms with E-state index >= 15 is 0 Å². The van der Waals surface area contributed by atoms with Crippen molar-refractivity contribution in [2.75, 3.05) is 14.2 Å². The summed E-state index contributed by atoms with van der Waals surface area (Å²) in [6.07, 6.45) is 3.89. The summed E-state index contributed by atoms with van der Waals surface area (Å²) in [6.45, 7) is 0.0267. The van der Waals surface area contributed by atoms with Crippen LogP contribution in [0.2, 0.25) is 0 Å². The van der Waals surface area contributed by atoms with Crippen LogP contribution in [0.15, 0.2) is 36.7 Å². The second kappa shape index (κ2) is 8.60. The third-order valence-corrected chi connectivity index (χ3v) is 2.30. The third-order valence-electron chi connectivity index (χ3n) is 2.30. The van der Waals surface area contributed by atoms with Gasteiger partial charge >= 0.3 is 0 Å². The Morgan fingerprint density at radius 1 is 1.10 bits per heavy atom. The second-order valence-electron chi connectivity index (χ2n) is 3.61. The summed E-state index contributed by atoms with van der Waals surface area (Å²) in [6, 6.07) is 6.63. The van der Waals surface area contributed by atoms with Gasteiger partial charge in [0.2, 0.25) is 11.8 Å². The van der Waals surface area contributed by atoms with Crippen molar-refractivity contribution in [3.8, 4) is 11.8 Å². The van der Waals surface area contributed by atoms with Gasteiger partial charge in [-0.2, -0.15) is 0 Å². The van der Waals surface area contributed by atoms with Gasteiger partial charge in [-0.25, -0.2) is 9.97 Å². The highest BCUT2D eigenvalue weighted by atomic mass is 16.5. The summed E-state index contributed by atoms with van der Waals surface area (Å²) in [4.78, 5) is 17.9. The highest BCUT2D eigenvalue weighted by Gasteiger charge is 1.93. The number of nitrogens with zero attached hydrogens (tertiary/aromatic N) is 2. The van der Waals surface area contributed by atoms with E-state index in [-0.39, 0.29) is 6.61 Å². The molecule has 0 spiro atoms. The lowest BCUT2D eigenvalue weighted by atomic mass is 10.3. The first-order valence-electron chi connectivity index (χ1n) is 5.78. The molecule has 0 radical (unpaired) electrons. The van der Waals surface area contributed by atoms with E-state index in [1.807, 2.05) is 0 Å². The fourth-order valence-electron chi connectivity index (χ4n) is 1.27. The van der Waals surface area contributed by atoms with Crippen LogP contribution in [0.3, 0.4) is 0 Å². The van der Waals surface area contributed by atoms with Crippen LogP contribution in [0, 0.1) is 0 Å². The lowest BCUT2D eigenvalue weighted by Crippen LogP contribution is -1.89. The summed E-state index contributed by atoms with van der Waals surface area (Å²) in [7, 11) is 3.06. The molecule has 1 N–H and O–H groups in total. The molecule has 0 atom stereocenters. The van der Waals surface area contributed by atoms with Crippen molar-refractivity contribution >= 4 is 6.29 Å². The molecule has 6 heteroatoms. The zero-order valence-electron chi connectivity index (χ0n) is 11.3. The topological polar surface area (TPSA) is 81.5 Å². The van der Waals surface area contributed by atoms with Crippen molar-refractivity contribution in [1.82, 2.24) is 9.97 Å². The van der Waals surface area contributed by atoms with Gasteiger partial charge < -0.3 is 14.6 Å². The number of hydrogen-bond donors (Lipinski definition) is 1. The van der Waals surface area contributed by atoms with Crippen LogP contribution in [0.25, 0.3) is 0 Å². The molecule has 2 rings (SSSR count). The highest BCUT2D eigenvalue weighted by Crippen LogP contribution is 2.07. The number of hydrogen-bond acceptors (Lipinski definition) is 6. The summed E-state index contributed by atoms with van der Waals surface area (Å²) < 4.78 is 9.62. The number of aliphatic hydroxyl groups excluding tert-OH is 1. The molecule has 0 aliphatic carbocycles. The minimum atomic E-state index is 0.0267. The number of carbonyl (C=O) groups excluding carboxylic acids is 1. The van der Waals surface area contributed by atoms with Crippen molar-refractivity contribution in [3.05, 3.63) is 47.8 Å². The Morgan fingerprint density at radius 2 is 1.70 bits per heavy atom. The third kappa shape index (κ3) is 5.03. The molecule has 20 heavy (non-hydrogen) atoms. The van der Waals surface area contributed by atoms with Gasteiger partial charge in [0.25, 0.3) is 0 Å². The maximum Gasteiger partial charge on any atom is 0.213 e. The smallest absolute Gasteiger partial charge is 0.213 e. The molecular weight excluding hydrogens is 260 g/mol. The highest BCUT2D eigenvalue weighted by molar-refractivity contribution is 5.74. The molecule has 0 aliphatic rings. The Labute approximate surface area is 117 Å². The zero-order valence-corrected chi connectivity index (χ0v) is 11.3. The van der Waals surface area contributed by atoms with E-state index in [0.717, 1.165) is 11.8 Å². The average molecular weight is 276 g/mol. The predicted octanol–water partition coefficient (Wildman–Crippen LogP) is 1.49. The molecule has 0 aromatic carbocycles. The summed E-state index contributed by atoms with van der Waals surface area (Å²) in [5.74, 6) is 0.996. The summed E-state index contributed by atoms with van der Waals surface area (Å²) in [5.41, 5.74) is 1.39. The molecule has 2 heterocycles. The Kier molecular flexibility index (Phi) is 6.70. The normalized spacial score (nSPS) is 9.15. The van der Waals surface area contributed by atoms with Crippen molar-refractivity contribution in [1.29, 1.82) is 0 Å². The SMILES string of the molecule is COc1cc(C=O)ccn1.COc1cc(CO)ccn1. The quantitative estimate of drug-likeness (QED) is 0.852. The van der Waals surface area contributed by atoms with E-state index < -0.39 is 0 Å². The summed E-state index contributed by atoms with van der Waals surface area (Å²) in [5, 5.41) is 8.67. The van der Waals surface area contributed by atoms with E-state index in [9.17, 15) is 4.79 Å². The molecule has 106 valence electrons. The second-order valence-corrected chi connectivity index (χ2v) is 3.61. The van der Waals surface area contributed by atoms with E-state index in [1.54, 1.807) is 37.6 Å². The Balaban J connectivity index is 0.000000200. The minimum absolute atomic E-state index is 0.0267. The molecule has 0 unspecified atom stereocenters. The Hall–Kier alpha value is -2.47. The fraction of sp³-hybridized carbons (Fsp3) is 0.214. The molecule has 0 aliphatic heterocycles. The number of pyridine rings is 2. The number of carbonyl (C=O) groups is 1. The number of aromatic nitrogens is 2. The maximum atomic E-state index is 10.2. The van der Waals surface area contributed by atoms with E-state index in [2.05, 4.69) is 9.97 Å². The van der Waals surface area contributed by atoms with Gasteiger partial charge in [-0.1, -0.05) is 0 Å². The largest absolute Gasteiger partial charge is 0.481 e. The van der Waals surface area contributed by atoms with Gasteiger partial charge in [-0.15, -0.1) is 0 Å². The Bertz CT molecular complexity index is 527. The van der Waals surface area contributed by atoms with E-state index in [4.69, 9.17) is 14.6 Å². The van der Waals surface area contributed by atoms with Crippen molar-refractivity contribution < 1.29 is 19.4 Å². The lowest BCUT2D eigenvalue weighted by Gasteiger charge is -1.98. The van der Waals surface area contributed by atoms with E-state index in [1.165, 1.54) is 13.3 Å². The first-order chi connectivity index (χ1) is 9.73. The number of ether oxygens (including phenoxy) is 2. The van der Waals surface area contributed by atoms with Gasteiger partial charge in [-0.3, -0.25) is 4.79 Å². The minimum Gasteiger partial charge on any atom is -0.481 e. The van der Waals surface area contributed by atoms with Gasteiger partial charge in [-0.05, 0) is 17.7 Å². The van der Waals surface area contributed by atoms with Crippen LogP contribution < -0.4 is 9.47 Å². The maximum absolute atomic E-state index is 10.2. The lowest BCUT2D eigenvalue weighted by molar-refractivity contribution is 0.112. The zero-order chi connectivity index (χ0) is 14.8. The molecule has 2 aromatic heterocycles. The predicted molar refractivity (Wildman–Crippen MR) is 72.9 cm³/mol. The number of rotatable bonds is 4. The summed E-state index contributed by atoms with van der Waals surface area (Å²) >= 11 is 0. The molecular formula is C14H16N2O4. The number of methoxy groups -OCH3 is 2.